The summed E-state index contributed by atoms with van der Waals surface area (Å²) in [6.07, 6.45) is 5.28. The molecule has 0 saturated carbocycles. The fourth-order valence-corrected chi connectivity index (χ4v) is 4.57. The van der Waals surface area contributed by atoms with E-state index in [1.807, 2.05) is 26.3 Å². The van der Waals surface area contributed by atoms with Crippen molar-refractivity contribution in [1.82, 2.24) is 9.80 Å². The van der Waals surface area contributed by atoms with E-state index in [4.69, 9.17) is 0 Å². The zero-order chi connectivity index (χ0) is 29.3. The van der Waals surface area contributed by atoms with Gasteiger partial charge in [-0.15, -0.1) is 0 Å². The molecule has 1 fully saturated rings. The third-order valence-electron chi connectivity index (χ3n) is 7.05. The second-order valence-electron chi connectivity index (χ2n) is 9.50. The lowest BCUT2D eigenvalue weighted by atomic mass is 9.96. The number of halogens is 3. The van der Waals surface area contributed by atoms with Crippen molar-refractivity contribution in [3.63, 3.8) is 0 Å². The largest absolute Gasteiger partial charge is 0.417 e. The minimum Gasteiger partial charge on any atom is -0.370 e. The van der Waals surface area contributed by atoms with Gasteiger partial charge in [0.2, 0.25) is 0 Å². The normalized spacial score (nSPS) is 16.3. The zero-order valence-electron chi connectivity index (χ0n) is 23.6. The minimum atomic E-state index is -4.64. The van der Waals surface area contributed by atoms with Crippen LogP contribution in [-0.2, 0) is 6.18 Å². The van der Waals surface area contributed by atoms with E-state index in [2.05, 4.69) is 46.6 Å². The molecule has 0 atom stereocenters. The third-order valence-corrected chi connectivity index (χ3v) is 7.05. The Morgan fingerprint density at radius 1 is 1.23 bits per heavy atom. The Bertz CT molecular complexity index is 1210. The third kappa shape index (κ3) is 8.15. The molecule has 210 valence electrons. The Hall–Kier alpha value is -3.68. The molecular formula is C31H39F3N4O. The molecule has 0 radical (unpaired) electrons. The van der Waals surface area contributed by atoms with Gasteiger partial charge < -0.3 is 9.80 Å². The molecule has 1 aliphatic heterocycles. The number of benzene rings is 1. The van der Waals surface area contributed by atoms with Crippen molar-refractivity contribution in [1.29, 1.82) is 0 Å². The second kappa shape index (κ2) is 13.9. The van der Waals surface area contributed by atoms with Crippen LogP contribution in [0.3, 0.4) is 0 Å². The highest BCUT2D eigenvalue weighted by atomic mass is 19.4. The van der Waals surface area contributed by atoms with Crippen molar-refractivity contribution in [2.45, 2.75) is 59.2 Å². The van der Waals surface area contributed by atoms with Gasteiger partial charge in [0.05, 0.1) is 17.0 Å². The molecule has 1 aromatic carbocycles. The number of likely N-dealkylation sites (tertiary alicyclic amines) is 1. The number of hydrogen-bond acceptors (Lipinski definition) is 5. The first-order valence-electron chi connectivity index (χ1n) is 13.0. The summed E-state index contributed by atoms with van der Waals surface area (Å²) in [6, 6.07) is 3.94. The van der Waals surface area contributed by atoms with Crippen LogP contribution in [0.1, 0.15) is 68.4 Å². The first kappa shape index (κ1) is 31.5. The number of piperidine rings is 1. The number of Topliss-reactive ketones (excluding diaryl/α,β-unsaturated/α-hetero) is 1. The number of ketones is 1. The average Bonchev–Trinajstić information content (AvgIpc) is 2.92. The van der Waals surface area contributed by atoms with Crippen molar-refractivity contribution in [3.8, 4) is 0 Å². The van der Waals surface area contributed by atoms with Gasteiger partial charge in [0, 0.05) is 38.0 Å². The lowest BCUT2D eigenvalue weighted by Gasteiger charge is -2.39. The van der Waals surface area contributed by atoms with E-state index in [9.17, 15) is 18.0 Å². The number of rotatable bonds is 11. The Kier molecular flexibility index (Phi) is 11.3. The number of likely N-dealkylation sites (N-methyl/N-ethyl adjacent to an activating group) is 1. The summed E-state index contributed by atoms with van der Waals surface area (Å²) in [6.45, 7) is 20.3. The second-order valence-corrected chi connectivity index (χ2v) is 9.50. The molecule has 0 N–H and O–H groups in total. The highest BCUT2D eigenvalue weighted by molar-refractivity contribution is 5.96. The van der Waals surface area contributed by atoms with E-state index in [0.29, 0.717) is 16.8 Å². The molecule has 8 heteroatoms. The molecule has 0 spiro atoms. The fraction of sp³-hybridized carbons (Fsp3) is 0.387. The van der Waals surface area contributed by atoms with E-state index in [-0.39, 0.29) is 11.6 Å². The van der Waals surface area contributed by atoms with Gasteiger partial charge in [0.25, 0.3) is 0 Å². The summed E-state index contributed by atoms with van der Waals surface area (Å²) in [4.78, 5) is 24.7. The van der Waals surface area contributed by atoms with E-state index < -0.39 is 17.5 Å². The van der Waals surface area contributed by atoms with Gasteiger partial charge in [-0.2, -0.15) is 13.2 Å². The van der Waals surface area contributed by atoms with Crippen LogP contribution in [0, 0.1) is 0 Å². The summed E-state index contributed by atoms with van der Waals surface area (Å²) in [7, 11) is 1.96. The van der Waals surface area contributed by atoms with Crippen molar-refractivity contribution >= 4 is 24.3 Å². The van der Waals surface area contributed by atoms with Crippen molar-refractivity contribution in [2.24, 2.45) is 9.98 Å². The number of hydrogen-bond donors (Lipinski definition) is 0. The summed E-state index contributed by atoms with van der Waals surface area (Å²) in [5.41, 5.74) is 1.99. The predicted molar refractivity (Wildman–Crippen MR) is 156 cm³/mol. The number of allylic oxidation sites excluding steroid dienone is 5. The predicted octanol–water partition coefficient (Wildman–Crippen LogP) is 7.70. The lowest BCUT2D eigenvalue weighted by Crippen LogP contribution is -2.42. The molecular weight excluding hydrogens is 501 g/mol. The van der Waals surface area contributed by atoms with Crippen LogP contribution in [0.15, 0.2) is 82.4 Å². The maximum Gasteiger partial charge on any atom is 0.417 e. The fourth-order valence-electron chi connectivity index (χ4n) is 4.57. The minimum absolute atomic E-state index is 0.199. The van der Waals surface area contributed by atoms with Crippen molar-refractivity contribution in [2.75, 3.05) is 20.1 Å². The molecule has 0 amide bonds. The molecule has 1 heterocycles. The quantitative estimate of drug-likeness (QED) is 0.164. The van der Waals surface area contributed by atoms with Crippen LogP contribution < -0.4 is 0 Å². The van der Waals surface area contributed by atoms with Crippen LogP contribution in [0.5, 0.6) is 0 Å². The van der Waals surface area contributed by atoms with Gasteiger partial charge in [-0.1, -0.05) is 38.3 Å². The number of carbonyl (C=O) groups is 1. The van der Waals surface area contributed by atoms with Crippen LogP contribution in [0.2, 0.25) is 0 Å². The Labute approximate surface area is 230 Å². The van der Waals surface area contributed by atoms with Crippen LogP contribution in [-0.4, -0.2) is 54.7 Å². The van der Waals surface area contributed by atoms with Crippen molar-refractivity contribution < 1.29 is 18.0 Å². The molecule has 0 aromatic heterocycles. The van der Waals surface area contributed by atoms with Gasteiger partial charge in [-0.05, 0) is 81.7 Å². The maximum atomic E-state index is 13.6. The van der Waals surface area contributed by atoms with Gasteiger partial charge in [0.1, 0.15) is 5.82 Å². The van der Waals surface area contributed by atoms with Gasteiger partial charge in [0.15, 0.2) is 5.78 Å². The van der Waals surface area contributed by atoms with Gasteiger partial charge in [-0.25, -0.2) is 4.99 Å². The first-order valence-corrected chi connectivity index (χ1v) is 13.0. The van der Waals surface area contributed by atoms with Crippen LogP contribution >= 0.6 is 0 Å². The Balaban J connectivity index is 2.27. The number of carbonyl (C=O) groups excluding carboxylic acids is 1. The molecule has 39 heavy (non-hydrogen) atoms. The first-order chi connectivity index (χ1) is 18.4. The molecule has 5 nitrogen and oxygen atoms in total. The SMILES string of the molecule is C=C/C(=C(\C=C(/C)c1ccc(C(C)=O)c(C(F)(F)F)c1)N=C)N(C)C1CCN(C(=C)/N=C\C(=C/C)CC)CC1. The van der Waals surface area contributed by atoms with Gasteiger partial charge >= 0.3 is 6.18 Å². The van der Waals surface area contributed by atoms with E-state index in [1.54, 1.807) is 19.1 Å². The molecule has 0 unspecified atom stereocenters. The van der Waals surface area contributed by atoms with Crippen LogP contribution in [0.25, 0.3) is 5.57 Å². The average molecular weight is 541 g/mol. The van der Waals surface area contributed by atoms with E-state index in [1.165, 1.54) is 12.1 Å². The maximum absolute atomic E-state index is 13.6. The van der Waals surface area contributed by atoms with Crippen LogP contribution in [0.4, 0.5) is 13.2 Å². The highest BCUT2D eigenvalue weighted by Crippen LogP contribution is 2.35. The zero-order valence-corrected chi connectivity index (χ0v) is 23.6. The molecule has 1 aromatic rings. The Morgan fingerprint density at radius 3 is 2.36 bits per heavy atom. The van der Waals surface area contributed by atoms with E-state index >= 15 is 0 Å². The number of alkyl halides is 3. The van der Waals surface area contributed by atoms with Crippen molar-refractivity contribution in [3.05, 3.63) is 89.1 Å². The molecule has 2 rings (SSSR count). The molecule has 0 bridgehead atoms. The summed E-state index contributed by atoms with van der Waals surface area (Å²) in [5.74, 6) is 0.105. The lowest BCUT2D eigenvalue weighted by molar-refractivity contribution is -0.137. The molecule has 1 aliphatic rings. The van der Waals surface area contributed by atoms with E-state index in [0.717, 1.165) is 62.4 Å². The number of nitrogens with zero attached hydrogens (tertiary/aromatic N) is 4. The summed E-state index contributed by atoms with van der Waals surface area (Å²) < 4.78 is 40.8. The standard InChI is InChI=1S/C31H39F3N4O/c1-9-24(10-2)20-36-23(6)38-16-14-26(15-17-38)37(8)30(11-3)29(35-7)18-21(4)25-12-13-27(22(5)39)28(19-25)31(32,33)34/h9,11-13,18-20,26H,3,6-7,10,14-17H2,1-2,4-5,8H3/b21-18+,24-9-,30-29-,36-20-. The molecule has 0 aliphatic carbocycles. The summed E-state index contributed by atoms with van der Waals surface area (Å²) >= 11 is 0. The Morgan fingerprint density at radius 2 is 1.87 bits per heavy atom. The highest BCUT2D eigenvalue weighted by Gasteiger charge is 2.34. The topological polar surface area (TPSA) is 48.3 Å². The molecule has 1 saturated heterocycles. The monoisotopic (exact) mass is 540 g/mol. The smallest absolute Gasteiger partial charge is 0.370 e. The number of aliphatic imine (C=N–C) groups is 2. The summed E-state index contributed by atoms with van der Waals surface area (Å²) in [5, 5.41) is 0. The van der Waals surface area contributed by atoms with Gasteiger partial charge in [-0.3, -0.25) is 9.79 Å².